The Bertz CT molecular complexity index is 979. The van der Waals surface area contributed by atoms with Crippen molar-refractivity contribution in [2.75, 3.05) is 10.6 Å². The standard InChI is InChI=1S/C20H21N5O2S/c1-13(25-12-21-11-22-25)19(26)23-14-6-8-15(9-7-14)24-20(27)17-10-28-18-5-3-2-4-16(17)18/h6-13H,2-5H2,1H3,(H,23,26)(H,24,27)/t13-/m1/s1. The summed E-state index contributed by atoms with van der Waals surface area (Å²) in [5.74, 6) is -0.261. The Labute approximate surface area is 166 Å². The lowest BCUT2D eigenvalue weighted by Crippen LogP contribution is -2.24. The highest BCUT2D eigenvalue weighted by Crippen LogP contribution is 2.30. The molecule has 0 unspecified atom stereocenters. The minimum Gasteiger partial charge on any atom is -0.324 e. The van der Waals surface area contributed by atoms with E-state index in [1.54, 1.807) is 42.5 Å². The molecule has 8 heteroatoms. The van der Waals surface area contributed by atoms with Crippen molar-refractivity contribution in [2.45, 2.75) is 38.6 Å². The Balaban J connectivity index is 1.39. The third-order valence-electron chi connectivity index (χ3n) is 4.93. The van der Waals surface area contributed by atoms with E-state index in [-0.39, 0.29) is 11.8 Å². The van der Waals surface area contributed by atoms with E-state index in [1.165, 1.54) is 34.2 Å². The maximum Gasteiger partial charge on any atom is 0.256 e. The Morgan fingerprint density at radius 2 is 1.82 bits per heavy atom. The lowest BCUT2D eigenvalue weighted by molar-refractivity contribution is -0.119. The molecule has 0 spiro atoms. The number of fused-ring (bicyclic) bond motifs is 1. The Morgan fingerprint density at radius 1 is 1.11 bits per heavy atom. The van der Waals surface area contributed by atoms with Crippen molar-refractivity contribution < 1.29 is 9.59 Å². The van der Waals surface area contributed by atoms with E-state index in [1.807, 2.05) is 5.38 Å². The highest BCUT2D eigenvalue weighted by atomic mass is 32.1. The molecule has 1 aliphatic rings. The predicted molar refractivity (Wildman–Crippen MR) is 109 cm³/mol. The lowest BCUT2D eigenvalue weighted by Gasteiger charge is -2.14. The van der Waals surface area contributed by atoms with E-state index in [4.69, 9.17) is 0 Å². The molecule has 7 nitrogen and oxygen atoms in total. The second-order valence-electron chi connectivity index (χ2n) is 6.83. The molecule has 2 amide bonds. The van der Waals surface area contributed by atoms with E-state index in [0.29, 0.717) is 11.4 Å². The van der Waals surface area contributed by atoms with E-state index in [9.17, 15) is 9.59 Å². The normalized spacial score (nSPS) is 14.2. The van der Waals surface area contributed by atoms with Crippen LogP contribution in [0, 0.1) is 0 Å². The number of nitrogens with zero attached hydrogens (tertiary/aromatic N) is 3. The monoisotopic (exact) mass is 395 g/mol. The molecule has 1 atom stereocenters. The van der Waals surface area contributed by atoms with Crippen LogP contribution in [-0.2, 0) is 17.6 Å². The number of carbonyl (C=O) groups is 2. The zero-order valence-corrected chi connectivity index (χ0v) is 16.3. The van der Waals surface area contributed by atoms with Crippen LogP contribution < -0.4 is 10.6 Å². The van der Waals surface area contributed by atoms with Crippen molar-refractivity contribution in [3.05, 3.63) is 58.3 Å². The summed E-state index contributed by atoms with van der Waals surface area (Å²) in [5.41, 5.74) is 3.35. The smallest absolute Gasteiger partial charge is 0.256 e. The average molecular weight is 395 g/mol. The molecular formula is C20H21N5O2S. The van der Waals surface area contributed by atoms with E-state index in [0.717, 1.165) is 24.8 Å². The molecule has 2 aromatic heterocycles. The summed E-state index contributed by atoms with van der Waals surface area (Å²) in [6.07, 6.45) is 7.31. The van der Waals surface area contributed by atoms with Crippen molar-refractivity contribution >= 4 is 34.5 Å². The van der Waals surface area contributed by atoms with E-state index < -0.39 is 6.04 Å². The molecule has 144 valence electrons. The fourth-order valence-corrected chi connectivity index (χ4v) is 4.43. The summed E-state index contributed by atoms with van der Waals surface area (Å²) >= 11 is 1.68. The number of hydrogen-bond donors (Lipinski definition) is 2. The third kappa shape index (κ3) is 3.82. The van der Waals surface area contributed by atoms with Crippen LogP contribution in [0.4, 0.5) is 11.4 Å². The van der Waals surface area contributed by atoms with Gasteiger partial charge in [-0.2, -0.15) is 5.10 Å². The van der Waals surface area contributed by atoms with Crippen LogP contribution in [0.5, 0.6) is 0 Å². The second-order valence-corrected chi connectivity index (χ2v) is 7.79. The molecule has 3 aromatic rings. The minimum atomic E-state index is -0.466. The number of hydrogen-bond acceptors (Lipinski definition) is 5. The fourth-order valence-electron chi connectivity index (χ4n) is 3.30. The molecule has 2 heterocycles. The number of aromatic nitrogens is 3. The van der Waals surface area contributed by atoms with Gasteiger partial charge in [-0.3, -0.25) is 9.59 Å². The van der Waals surface area contributed by atoms with Crippen LogP contribution in [0.2, 0.25) is 0 Å². The van der Waals surface area contributed by atoms with Gasteiger partial charge in [0.05, 0.1) is 5.56 Å². The summed E-state index contributed by atoms with van der Waals surface area (Å²) in [6.45, 7) is 1.75. The largest absolute Gasteiger partial charge is 0.324 e. The number of aryl methyl sites for hydroxylation is 1. The molecule has 0 aliphatic heterocycles. The van der Waals surface area contributed by atoms with Gasteiger partial charge in [-0.15, -0.1) is 11.3 Å². The highest BCUT2D eigenvalue weighted by molar-refractivity contribution is 7.10. The van der Waals surface area contributed by atoms with Gasteiger partial charge in [0.15, 0.2) is 0 Å². The highest BCUT2D eigenvalue weighted by Gasteiger charge is 2.20. The molecule has 2 N–H and O–H groups in total. The van der Waals surface area contributed by atoms with Crippen molar-refractivity contribution in [3.8, 4) is 0 Å². The van der Waals surface area contributed by atoms with Crippen LogP contribution in [0.25, 0.3) is 0 Å². The molecule has 0 bridgehead atoms. The third-order valence-corrected chi connectivity index (χ3v) is 6.02. The molecule has 28 heavy (non-hydrogen) atoms. The first-order chi connectivity index (χ1) is 13.6. The van der Waals surface area contributed by atoms with Gasteiger partial charge in [-0.1, -0.05) is 0 Å². The first-order valence-corrected chi connectivity index (χ1v) is 10.2. The van der Waals surface area contributed by atoms with Gasteiger partial charge in [0.2, 0.25) is 5.91 Å². The molecule has 0 radical (unpaired) electrons. The molecule has 0 saturated carbocycles. The molecular weight excluding hydrogens is 374 g/mol. The Morgan fingerprint density at radius 3 is 2.54 bits per heavy atom. The van der Waals surface area contributed by atoms with E-state index in [2.05, 4.69) is 20.7 Å². The summed E-state index contributed by atoms with van der Waals surface area (Å²) < 4.78 is 1.49. The number of rotatable bonds is 5. The van der Waals surface area contributed by atoms with Crippen LogP contribution >= 0.6 is 11.3 Å². The van der Waals surface area contributed by atoms with Crippen LogP contribution in [0.15, 0.2) is 42.3 Å². The van der Waals surface area contributed by atoms with Crippen LogP contribution in [0.3, 0.4) is 0 Å². The number of nitrogens with one attached hydrogen (secondary N) is 2. The van der Waals surface area contributed by atoms with Gasteiger partial charge in [0.1, 0.15) is 18.7 Å². The summed E-state index contributed by atoms with van der Waals surface area (Å²) in [7, 11) is 0. The van der Waals surface area contributed by atoms with Crippen molar-refractivity contribution in [3.63, 3.8) is 0 Å². The Kier molecular flexibility index (Phi) is 5.21. The maximum atomic E-state index is 12.6. The van der Waals surface area contributed by atoms with E-state index >= 15 is 0 Å². The zero-order chi connectivity index (χ0) is 19.5. The number of anilines is 2. The number of amides is 2. The van der Waals surface area contributed by atoms with Gasteiger partial charge in [-0.25, -0.2) is 9.67 Å². The molecule has 1 aromatic carbocycles. The number of thiophene rings is 1. The first-order valence-electron chi connectivity index (χ1n) is 9.27. The average Bonchev–Trinajstić information content (AvgIpc) is 3.39. The van der Waals surface area contributed by atoms with Gasteiger partial charge in [0, 0.05) is 21.6 Å². The minimum absolute atomic E-state index is 0.0732. The van der Waals surface area contributed by atoms with Gasteiger partial charge in [0.25, 0.3) is 5.91 Å². The fraction of sp³-hybridized carbons (Fsp3) is 0.300. The summed E-state index contributed by atoms with van der Waals surface area (Å²) in [5, 5.41) is 11.7. The predicted octanol–water partition coefficient (Wildman–Crippen LogP) is 3.67. The molecule has 4 rings (SSSR count). The van der Waals surface area contributed by atoms with Gasteiger partial charge in [-0.05, 0) is 62.4 Å². The second kappa shape index (κ2) is 7.93. The zero-order valence-electron chi connectivity index (χ0n) is 15.5. The molecule has 0 fully saturated rings. The van der Waals surface area contributed by atoms with Crippen molar-refractivity contribution in [2.24, 2.45) is 0 Å². The topological polar surface area (TPSA) is 88.9 Å². The summed E-state index contributed by atoms with van der Waals surface area (Å²) in [4.78, 5) is 30.1. The lowest BCUT2D eigenvalue weighted by atomic mass is 9.95. The molecule has 1 aliphatic carbocycles. The maximum absolute atomic E-state index is 12.6. The van der Waals surface area contributed by atoms with Gasteiger partial charge < -0.3 is 10.6 Å². The van der Waals surface area contributed by atoms with Crippen molar-refractivity contribution in [1.82, 2.24) is 14.8 Å². The van der Waals surface area contributed by atoms with Crippen LogP contribution in [-0.4, -0.2) is 26.6 Å². The SMILES string of the molecule is C[C@H](C(=O)Nc1ccc(NC(=O)c2csc3c2CCCC3)cc1)n1cncn1. The number of carbonyl (C=O) groups excluding carboxylic acids is 2. The van der Waals surface area contributed by atoms with Crippen molar-refractivity contribution in [1.29, 1.82) is 0 Å². The van der Waals surface area contributed by atoms with Gasteiger partial charge >= 0.3 is 0 Å². The molecule has 0 saturated heterocycles. The first kappa shape index (κ1) is 18.4. The Hall–Kier alpha value is -3.00. The number of benzene rings is 1. The quantitative estimate of drug-likeness (QED) is 0.690. The summed E-state index contributed by atoms with van der Waals surface area (Å²) in [6, 6.07) is 6.64. The van der Waals surface area contributed by atoms with Crippen LogP contribution in [0.1, 0.15) is 46.6 Å².